The molecule has 0 fully saturated rings. The second-order valence-corrected chi connectivity index (χ2v) is 5.87. The number of amides is 2. The Balaban J connectivity index is 1.83. The van der Waals surface area contributed by atoms with Crippen LogP contribution in [0.3, 0.4) is 0 Å². The summed E-state index contributed by atoms with van der Waals surface area (Å²) in [5, 5.41) is 5.14. The fraction of sp³-hybridized carbons (Fsp3) is 0.188. The Morgan fingerprint density at radius 3 is 2.91 bits per heavy atom. The van der Waals surface area contributed by atoms with Gasteiger partial charge in [0.1, 0.15) is 0 Å². The summed E-state index contributed by atoms with van der Waals surface area (Å²) in [7, 11) is 0. The highest BCUT2D eigenvalue weighted by molar-refractivity contribution is 7.13. The van der Waals surface area contributed by atoms with E-state index in [1.807, 2.05) is 30.3 Å². The molecule has 1 unspecified atom stereocenters. The van der Waals surface area contributed by atoms with Crippen molar-refractivity contribution in [1.82, 2.24) is 9.88 Å². The Bertz CT molecular complexity index is 725. The van der Waals surface area contributed by atoms with Crippen LogP contribution < -0.4 is 5.32 Å². The molecule has 112 valence electrons. The Morgan fingerprint density at radius 2 is 2.18 bits per heavy atom. The molecule has 22 heavy (non-hydrogen) atoms. The number of carbonyl (C=O) groups is 2. The molecule has 0 radical (unpaired) electrons. The van der Waals surface area contributed by atoms with Gasteiger partial charge in [-0.3, -0.25) is 9.59 Å². The molecule has 1 aliphatic heterocycles. The molecule has 1 aromatic heterocycles. The average Bonchev–Trinajstić information content (AvgIpc) is 3.00. The van der Waals surface area contributed by atoms with Gasteiger partial charge in [0.25, 0.3) is 0 Å². The second kappa shape index (κ2) is 6.11. The van der Waals surface area contributed by atoms with E-state index >= 15 is 0 Å². The molecule has 1 atom stereocenters. The molecule has 2 amide bonds. The van der Waals surface area contributed by atoms with Gasteiger partial charge in [0, 0.05) is 24.7 Å². The number of thiazole rings is 1. The van der Waals surface area contributed by atoms with Crippen molar-refractivity contribution in [3.05, 3.63) is 53.2 Å². The van der Waals surface area contributed by atoms with Gasteiger partial charge in [-0.25, -0.2) is 4.98 Å². The fourth-order valence-corrected chi connectivity index (χ4v) is 3.09. The highest BCUT2D eigenvalue weighted by Gasteiger charge is 2.28. The minimum absolute atomic E-state index is 0.0854. The smallest absolute Gasteiger partial charge is 0.228 e. The maximum Gasteiger partial charge on any atom is 0.228 e. The third-order valence-corrected chi connectivity index (χ3v) is 4.22. The van der Waals surface area contributed by atoms with Gasteiger partial charge < -0.3 is 10.2 Å². The van der Waals surface area contributed by atoms with Gasteiger partial charge in [0.15, 0.2) is 5.13 Å². The number of aromatic nitrogens is 1. The third kappa shape index (κ3) is 2.92. The molecule has 2 aromatic rings. The van der Waals surface area contributed by atoms with Crippen molar-refractivity contribution in [1.29, 1.82) is 0 Å². The molecule has 2 heterocycles. The van der Waals surface area contributed by atoms with Crippen LogP contribution in [0.25, 0.3) is 6.08 Å². The molecule has 0 aliphatic carbocycles. The van der Waals surface area contributed by atoms with Crippen LogP contribution in [-0.4, -0.2) is 21.7 Å². The summed E-state index contributed by atoms with van der Waals surface area (Å²) in [6, 6.07) is 7.51. The fourth-order valence-electron chi connectivity index (χ4n) is 2.54. The Hall–Kier alpha value is -2.47. The quantitative estimate of drug-likeness (QED) is 0.947. The summed E-state index contributed by atoms with van der Waals surface area (Å²) >= 11 is 1.37. The van der Waals surface area contributed by atoms with E-state index in [1.165, 1.54) is 18.3 Å². The van der Waals surface area contributed by atoms with E-state index in [2.05, 4.69) is 10.3 Å². The minimum atomic E-state index is -0.293. The summed E-state index contributed by atoms with van der Waals surface area (Å²) in [6.45, 7) is 1.50. The van der Waals surface area contributed by atoms with Crippen molar-refractivity contribution in [2.45, 2.75) is 19.4 Å². The SMILES string of the molecule is CC(=O)N1C=Cc2ccccc2C1CC(=O)Nc1nccs1. The lowest BCUT2D eigenvalue weighted by atomic mass is 9.93. The van der Waals surface area contributed by atoms with Crippen molar-refractivity contribution in [3.63, 3.8) is 0 Å². The van der Waals surface area contributed by atoms with Crippen LogP contribution in [0.15, 0.2) is 42.0 Å². The van der Waals surface area contributed by atoms with Gasteiger partial charge in [-0.2, -0.15) is 0 Å². The summed E-state index contributed by atoms with van der Waals surface area (Å²) in [6.07, 6.45) is 5.47. The number of fused-ring (bicyclic) bond motifs is 1. The van der Waals surface area contributed by atoms with Gasteiger partial charge in [-0.05, 0) is 17.2 Å². The van der Waals surface area contributed by atoms with E-state index in [0.29, 0.717) is 5.13 Å². The predicted octanol–water partition coefficient (Wildman–Crippen LogP) is 3.05. The zero-order valence-corrected chi connectivity index (χ0v) is 12.8. The molecule has 1 aliphatic rings. The molecule has 0 spiro atoms. The molecule has 5 nitrogen and oxygen atoms in total. The molecular weight excluding hydrogens is 298 g/mol. The van der Waals surface area contributed by atoms with E-state index in [1.54, 1.807) is 22.7 Å². The second-order valence-electron chi connectivity index (χ2n) is 4.98. The highest BCUT2D eigenvalue weighted by Crippen LogP contribution is 2.33. The molecule has 6 heteroatoms. The maximum absolute atomic E-state index is 12.3. The normalized spacial score (nSPS) is 16.2. The van der Waals surface area contributed by atoms with Crippen molar-refractivity contribution < 1.29 is 9.59 Å². The summed E-state index contributed by atoms with van der Waals surface area (Å²) < 4.78 is 0. The average molecular weight is 313 g/mol. The lowest BCUT2D eigenvalue weighted by Gasteiger charge is -2.32. The van der Waals surface area contributed by atoms with Crippen LogP contribution in [0.4, 0.5) is 5.13 Å². The Labute approximate surface area is 132 Å². The van der Waals surface area contributed by atoms with Crippen molar-refractivity contribution >= 4 is 34.4 Å². The summed E-state index contributed by atoms with van der Waals surface area (Å²) in [5.41, 5.74) is 2.02. The minimum Gasteiger partial charge on any atom is -0.311 e. The van der Waals surface area contributed by atoms with E-state index in [4.69, 9.17) is 0 Å². The highest BCUT2D eigenvalue weighted by atomic mass is 32.1. The van der Waals surface area contributed by atoms with Gasteiger partial charge >= 0.3 is 0 Å². The standard InChI is InChI=1S/C16H15N3O2S/c1-11(20)19-8-6-12-4-2-3-5-13(12)14(19)10-15(21)18-16-17-7-9-22-16/h2-9,14H,10H2,1H3,(H,17,18,21). The number of nitrogens with one attached hydrogen (secondary N) is 1. The number of carbonyl (C=O) groups excluding carboxylic acids is 2. The monoisotopic (exact) mass is 313 g/mol. The number of benzene rings is 1. The molecule has 3 rings (SSSR count). The largest absolute Gasteiger partial charge is 0.311 e. The molecule has 0 saturated heterocycles. The van der Waals surface area contributed by atoms with Gasteiger partial charge in [-0.1, -0.05) is 24.3 Å². The number of rotatable bonds is 3. The predicted molar refractivity (Wildman–Crippen MR) is 86.1 cm³/mol. The van der Waals surface area contributed by atoms with Gasteiger partial charge in [0.05, 0.1) is 12.5 Å². The Morgan fingerprint density at radius 1 is 1.36 bits per heavy atom. The maximum atomic E-state index is 12.3. The van der Waals surface area contributed by atoms with E-state index in [9.17, 15) is 9.59 Å². The molecular formula is C16H15N3O2S. The topological polar surface area (TPSA) is 62.3 Å². The van der Waals surface area contributed by atoms with Crippen LogP contribution in [0.2, 0.25) is 0 Å². The summed E-state index contributed by atoms with van der Waals surface area (Å²) in [5.74, 6) is -0.242. The van der Waals surface area contributed by atoms with Crippen LogP contribution >= 0.6 is 11.3 Å². The lowest BCUT2D eigenvalue weighted by molar-refractivity contribution is -0.129. The zero-order valence-electron chi connectivity index (χ0n) is 12.0. The summed E-state index contributed by atoms with van der Waals surface area (Å²) in [4.78, 5) is 29.7. The molecule has 0 saturated carbocycles. The zero-order chi connectivity index (χ0) is 15.5. The first-order valence-electron chi connectivity index (χ1n) is 6.90. The first-order valence-corrected chi connectivity index (χ1v) is 7.78. The first kappa shape index (κ1) is 14.5. The van der Waals surface area contributed by atoms with E-state index in [0.717, 1.165) is 11.1 Å². The van der Waals surface area contributed by atoms with Crippen LogP contribution in [0.5, 0.6) is 0 Å². The van der Waals surface area contributed by atoms with Crippen LogP contribution in [0, 0.1) is 0 Å². The van der Waals surface area contributed by atoms with Gasteiger partial charge in [0.2, 0.25) is 11.8 Å². The molecule has 1 N–H and O–H groups in total. The van der Waals surface area contributed by atoms with E-state index < -0.39 is 0 Å². The third-order valence-electron chi connectivity index (χ3n) is 3.53. The molecule has 1 aromatic carbocycles. The van der Waals surface area contributed by atoms with Crippen molar-refractivity contribution in [2.24, 2.45) is 0 Å². The van der Waals surface area contributed by atoms with E-state index in [-0.39, 0.29) is 24.3 Å². The lowest BCUT2D eigenvalue weighted by Crippen LogP contribution is -2.33. The Kier molecular flexibility index (Phi) is 4.02. The van der Waals surface area contributed by atoms with Crippen molar-refractivity contribution in [3.8, 4) is 0 Å². The van der Waals surface area contributed by atoms with Crippen LogP contribution in [0.1, 0.15) is 30.5 Å². The molecule has 0 bridgehead atoms. The number of anilines is 1. The van der Waals surface area contributed by atoms with Gasteiger partial charge in [-0.15, -0.1) is 11.3 Å². The number of nitrogens with zero attached hydrogens (tertiary/aromatic N) is 2. The van der Waals surface area contributed by atoms with Crippen LogP contribution in [-0.2, 0) is 9.59 Å². The first-order chi connectivity index (χ1) is 10.6. The number of hydrogen-bond donors (Lipinski definition) is 1. The number of hydrogen-bond acceptors (Lipinski definition) is 4. The van der Waals surface area contributed by atoms with Crippen molar-refractivity contribution in [2.75, 3.05) is 5.32 Å².